The van der Waals surface area contributed by atoms with E-state index >= 15 is 0 Å². The van der Waals surface area contributed by atoms with Gasteiger partial charge in [-0.1, -0.05) is 23.8 Å². The standard InChI is InChI=1S/C8H10O3/c1-5-2-3-6(8(10)11)7(9)4-5/h2-4,6-7,9H,1H3,(H,10,11). The Morgan fingerprint density at radius 3 is 2.73 bits per heavy atom. The monoisotopic (exact) mass is 154 g/mol. The predicted octanol–water partition coefficient (Wildman–Crippen LogP) is 0.564. The molecule has 0 fully saturated rings. The molecule has 0 bridgehead atoms. The fourth-order valence-corrected chi connectivity index (χ4v) is 1.03. The normalized spacial score (nSPS) is 29.8. The van der Waals surface area contributed by atoms with Crippen molar-refractivity contribution >= 4 is 5.97 Å². The van der Waals surface area contributed by atoms with Crippen LogP contribution >= 0.6 is 0 Å². The molecule has 1 aliphatic carbocycles. The maximum absolute atomic E-state index is 10.4. The van der Waals surface area contributed by atoms with Crippen molar-refractivity contribution in [1.29, 1.82) is 0 Å². The van der Waals surface area contributed by atoms with Gasteiger partial charge in [0.25, 0.3) is 0 Å². The number of carboxylic acids is 1. The van der Waals surface area contributed by atoms with Crippen LogP contribution < -0.4 is 0 Å². The van der Waals surface area contributed by atoms with Gasteiger partial charge < -0.3 is 10.2 Å². The fraction of sp³-hybridized carbons (Fsp3) is 0.375. The molecule has 0 aliphatic heterocycles. The van der Waals surface area contributed by atoms with Crippen molar-refractivity contribution in [2.24, 2.45) is 5.92 Å². The van der Waals surface area contributed by atoms with Crippen molar-refractivity contribution < 1.29 is 15.0 Å². The minimum absolute atomic E-state index is 0.779. The lowest BCUT2D eigenvalue weighted by atomic mass is 9.95. The van der Waals surface area contributed by atoms with E-state index in [-0.39, 0.29) is 0 Å². The fourth-order valence-electron chi connectivity index (χ4n) is 1.03. The third-order valence-corrected chi connectivity index (χ3v) is 1.65. The van der Waals surface area contributed by atoms with Crippen LogP contribution in [0.4, 0.5) is 0 Å². The second kappa shape index (κ2) is 2.88. The SMILES string of the molecule is CC1=CC(O)C(C(=O)O)C=C1. The van der Waals surface area contributed by atoms with Gasteiger partial charge in [-0.05, 0) is 6.92 Å². The second-order valence-corrected chi connectivity index (χ2v) is 2.62. The molecule has 11 heavy (non-hydrogen) atoms. The average molecular weight is 154 g/mol. The van der Waals surface area contributed by atoms with Crippen molar-refractivity contribution in [1.82, 2.24) is 0 Å². The van der Waals surface area contributed by atoms with Crippen LogP contribution in [0.2, 0.25) is 0 Å². The molecule has 1 rings (SSSR count). The van der Waals surface area contributed by atoms with E-state index in [1.165, 1.54) is 6.08 Å². The molecule has 0 aromatic carbocycles. The number of hydrogen-bond donors (Lipinski definition) is 2. The summed E-state index contributed by atoms with van der Waals surface area (Å²) in [5.41, 5.74) is 0.898. The minimum atomic E-state index is -0.988. The zero-order valence-electron chi connectivity index (χ0n) is 6.19. The first kappa shape index (κ1) is 8.01. The van der Waals surface area contributed by atoms with Crippen LogP contribution in [-0.4, -0.2) is 22.3 Å². The summed E-state index contributed by atoms with van der Waals surface area (Å²) in [5.74, 6) is -1.77. The largest absolute Gasteiger partial charge is 0.481 e. The molecule has 2 N–H and O–H groups in total. The molecule has 0 heterocycles. The van der Waals surface area contributed by atoms with Gasteiger partial charge in [-0.2, -0.15) is 0 Å². The van der Waals surface area contributed by atoms with Crippen molar-refractivity contribution in [2.45, 2.75) is 13.0 Å². The molecular formula is C8H10O3. The summed E-state index contributed by atoms with van der Waals surface area (Å²) in [6.07, 6.45) is 3.87. The molecule has 3 heteroatoms. The van der Waals surface area contributed by atoms with Crippen molar-refractivity contribution in [3.8, 4) is 0 Å². The Bertz CT molecular complexity index is 227. The van der Waals surface area contributed by atoms with Crippen LogP contribution in [0.1, 0.15) is 6.92 Å². The first-order chi connectivity index (χ1) is 5.11. The molecule has 2 unspecified atom stereocenters. The highest BCUT2D eigenvalue weighted by Gasteiger charge is 2.23. The molecule has 0 spiro atoms. The number of aliphatic carboxylic acids is 1. The summed E-state index contributed by atoms with van der Waals surface area (Å²) >= 11 is 0. The quantitative estimate of drug-likeness (QED) is 0.580. The highest BCUT2D eigenvalue weighted by Crippen LogP contribution is 2.16. The van der Waals surface area contributed by atoms with E-state index in [1.807, 2.05) is 6.92 Å². The first-order valence-electron chi connectivity index (χ1n) is 3.39. The number of hydrogen-bond acceptors (Lipinski definition) is 2. The average Bonchev–Trinajstić information content (AvgIpc) is 1.85. The van der Waals surface area contributed by atoms with Crippen LogP contribution in [-0.2, 0) is 4.79 Å². The smallest absolute Gasteiger partial charge is 0.313 e. The lowest BCUT2D eigenvalue weighted by molar-refractivity contribution is -0.142. The van der Waals surface area contributed by atoms with Gasteiger partial charge in [-0.15, -0.1) is 0 Å². The van der Waals surface area contributed by atoms with Gasteiger partial charge in [0.15, 0.2) is 0 Å². The van der Waals surface area contributed by atoms with Crippen LogP contribution in [0.5, 0.6) is 0 Å². The van der Waals surface area contributed by atoms with Crippen LogP contribution in [0.3, 0.4) is 0 Å². The lowest BCUT2D eigenvalue weighted by Crippen LogP contribution is -2.26. The molecule has 0 saturated heterocycles. The molecule has 0 aromatic heterocycles. The van der Waals surface area contributed by atoms with Crippen LogP contribution in [0.25, 0.3) is 0 Å². The topological polar surface area (TPSA) is 57.5 Å². The highest BCUT2D eigenvalue weighted by atomic mass is 16.4. The molecular weight excluding hydrogens is 144 g/mol. The number of carboxylic acid groups (broad SMARTS) is 1. The van der Waals surface area contributed by atoms with Crippen molar-refractivity contribution in [3.05, 3.63) is 23.8 Å². The van der Waals surface area contributed by atoms with E-state index in [0.29, 0.717) is 0 Å². The Labute approximate surface area is 64.7 Å². The molecule has 0 amide bonds. The zero-order chi connectivity index (χ0) is 8.43. The summed E-state index contributed by atoms with van der Waals surface area (Å²) < 4.78 is 0. The molecule has 0 saturated carbocycles. The zero-order valence-corrected chi connectivity index (χ0v) is 6.19. The van der Waals surface area contributed by atoms with Gasteiger partial charge in [-0.3, -0.25) is 4.79 Å². The highest BCUT2D eigenvalue weighted by molar-refractivity contribution is 5.74. The molecule has 2 atom stereocenters. The van der Waals surface area contributed by atoms with E-state index in [0.717, 1.165) is 5.57 Å². The van der Waals surface area contributed by atoms with Gasteiger partial charge >= 0.3 is 5.97 Å². The van der Waals surface area contributed by atoms with Crippen molar-refractivity contribution in [2.75, 3.05) is 0 Å². The maximum Gasteiger partial charge on any atom is 0.313 e. The van der Waals surface area contributed by atoms with E-state index < -0.39 is 18.0 Å². The Balaban J connectivity index is 2.77. The maximum atomic E-state index is 10.4. The molecule has 3 nitrogen and oxygen atoms in total. The summed E-state index contributed by atoms with van der Waals surface area (Å²) in [7, 11) is 0. The summed E-state index contributed by atoms with van der Waals surface area (Å²) in [5, 5.41) is 17.8. The minimum Gasteiger partial charge on any atom is -0.481 e. The molecule has 0 aromatic rings. The number of aliphatic hydroxyl groups excluding tert-OH is 1. The Kier molecular flexibility index (Phi) is 2.10. The number of allylic oxidation sites excluding steroid dienone is 2. The second-order valence-electron chi connectivity index (χ2n) is 2.62. The molecule has 60 valence electrons. The molecule has 1 aliphatic rings. The van der Waals surface area contributed by atoms with Crippen LogP contribution in [0, 0.1) is 5.92 Å². The third kappa shape index (κ3) is 1.68. The van der Waals surface area contributed by atoms with E-state index in [2.05, 4.69) is 0 Å². The number of rotatable bonds is 1. The Morgan fingerprint density at radius 1 is 1.64 bits per heavy atom. The third-order valence-electron chi connectivity index (χ3n) is 1.65. The Morgan fingerprint density at radius 2 is 2.27 bits per heavy atom. The van der Waals surface area contributed by atoms with Gasteiger partial charge in [-0.25, -0.2) is 0 Å². The Hall–Kier alpha value is -1.09. The predicted molar refractivity (Wildman–Crippen MR) is 40.0 cm³/mol. The summed E-state index contributed by atoms with van der Waals surface area (Å²) in [6, 6.07) is 0. The lowest BCUT2D eigenvalue weighted by Gasteiger charge is -2.16. The van der Waals surface area contributed by atoms with E-state index in [4.69, 9.17) is 5.11 Å². The van der Waals surface area contributed by atoms with Gasteiger partial charge in [0.1, 0.15) is 5.92 Å². The van der Waals surface area contributed by atoms with E-state index in [9.17, 15) is 9.90 Å². The summed E-state index contributed by atoms with van der Waals surface area (Å²) in [6.45, 7) is 1.82. The summed E-state index contributed by atoms with van der Waals surface area (Å²) in [4.78, 5) is 10.4. The van der Waals surface area contributed by atoms with Gasteiger partial charge in [0.2, 0.25) is 0 Å². The van der Waals surface area contributed by atoms with Crippen LogP contribution in [0.15, 0.2) is 23.8 Å². The molecule has 0 radical (unpaired) electrons. The van der Waals surface area contributed by atoms with E-state index in [1.54, 1.807) is 12.2 Å². The number of aliphatic hydroxyl groups is 1. The number of carbonyl (C=O) groups is 1. The first-order valence-corrected chi connectivity index (χ1v) is 3.39. The van der Waals surface area contributed by atoms with Gasteiger partial charge in [0.05, 0.1) is 6.10 Å². The van der Waals surface area contributed by atoms with Crippen molar-refractivity contribution in [3.63, 3.8) is 0 Å². The van der Waals surface area contributed by atoms with Gasteiger partial charge in [0, 0.05) is 0 Å².